The van der Waals surface area contributed by atoms with Gasteiger partial charge in [-0.05, 0) is 12.1 Å². The van der Waals surface area contributed by atoms with Gasteiger partial charge in [0.1, 0.15) is 24.2 Å². The van der Waals surface area contributed by atoms with E-state index in [9.17, 15) is 19.5 Å². The predicted octanol–water partition coefficient (Wildman–Crippen LogP) is -0.525. The number of hydrogen-bond donors (Lipinski definition) is 3. The first kappa shape index (κ1) is 22.4. The number of nitrogens with one attached hydrogen (secondary N) is 1. The van der Waals surface area contributed by atoms with E-state index in [0.29, 0.717) is 17.0 Å². The summed E-state index contributed by atoms with van der Waals surface area (Å²) >= 11 is 1.33. The van der Waals surface area contributed by atoms with Crippen molar-refractivity contribution >= 4 is 52.4 Å². The Morgan fingerprint density at radius 3 is 3.00 bits per heavy atom. The van der Waals surface area contributed by atoms with E-state index in [1.165, 1.54) is 23.8 Å². The standard InChI is InChI=1S/C20H17N7O7S/c1-32-24-11(14-23-20(21)34-25-14)15(28)22-12-16(29)27-13(19(30)31)10(8-35-18(12)27)7-26-5-2-3-9-4-6-33-17(9)26/h2-6,12,18H,7-8H2,1H3,(H3-,21,22,23,25,28,30,31)/p+1/t12?,18-/m1/s1. The molecule has 0 radical (unpaired) electrons. The van der Waals surface area contributed by atoms with Gasteiger partial charge in [0.2, 0.25) is 11.5 Å². The Hall–Kier alpha value is -4.40. The molecule has 2 amide bonds. The summed E-state index contributed by atoms with van der Waals surface area (Å²) in [5.41, 5.74) is 6.06. The first-order valence-corrected chi connectivity index (χ1v) is 11.2. The summed E-state index contributed by atoms with van der Waals surface area (Å²) in [6.45, 7) is 0.219. The second kappa shape index (κ2) is 8.75. The van der Waals surface area contributed by atoms with Gasteiger partial charge < -0.3 is 29.9 Å². The maximum Gasteiger partial charge on any atom is 0.380 e. The number of carbonyl (C=O) groups is 3. The van der Waals surface area contributed by atoms with Crippen molar-refractivity contribution in [2.24, 2.45) is 5.16 Å². The molecule has 5 rings (SSSR count). The number of pyridine rings is 1. The zero-order valence-electron chi connectivity index (χ0n) is 18.1. The van der Waals surface area contributed by atoms with Crippen LogP contribution in [0.1, 0.15) is 5.82 Å². The lowest BCUT2D eigenvalue weighted by Gasteiger charge is -2.49. The van der Waals surface area contributed by atoms with Gasteiger partial charge in [-0.2, -0.15) is 9.55 Å². The molecular weight excluding hydrogens is 482 g/mol. The highest BCUT2D eigenvalue weighted by Crippen LogP contribution is 2.40. The summed E-state index contributed by atoms with van der Waals surface area (Å²) in [4.78, 5) is 47.5. The number of fused-ring (bicyclic) bond motifs is 2. The fourth-order valence-corrected chi connectivity index (χ4v) is 5.28. The molecule has 1 unspecified atom stereocenters. The number of carbonyl (C=O) groups excluding carboxylic acids is 2. The third-order valence-corrected chi connectivity index (χ3v) is 6.77. The fraction of sp³-hybridized carbons (Fsp3) is 0.250. The van der Waals surface area contributed by atoms with E-state index in [0.717, 1.165) is 5.39 Å². The van der Waals surface area contributed by atoms with E-state index >= 15 is 0 Å². The number of furan rings is 1. The van der Waals surface area contributed by atoms with Crippen LogP contribution in [0.5, 0.6) is 0 Å². The van der Waals surface area contributed by atoms with Gasteiger partial charge >= 0.3 is 17.7 Å². The zero-order valence-corrected chi connectivity index (χ0v) is 18.9. The van der Waals surface area contributed by atoms with Crippen LogP contribution in [0, 0.1) is 0 Å². The summed E-state index contributed by atoms with van der Waals surface area (Å²) in [7, 11) is 1.22. The summed E-state index contributed by atoms with van der Waals surface area (Å²) in [6, 6.07) is 4.24. The summed E-state index contributed by atoms with van der Waals surface area (Å²) in [5, 5.41) is 19.8. The van der Waals surface area contributed by atoms with Crippen LogP contribution in [0.3, 0.4) is 0 Å². The first-order chi connectivity index (χ1) is 16.9. The van der Waals surface area contributed by atoms with Crippen molar-refractivity contribution in [3.8, 4) is 0 Å². The number of carboxylic acids is 1. The number of β-lactam (4-membered cyclic amide) rings is 1. The highest BCUT2D eigenvalue weighted by atomic mass is 32.2. The summed E-state index contributed by atoms with van der Waals surface area (Å²) in [5.74, 6) is -2.51. The van der Waals surface area contributed by atoms with E-state index in [-0.39, 0.29) is 29.8 Å². The monoisotopic (exact) mass is 500 g/mol. The molecule has 14 nitrogen and oxygen atoms in total. The molecule has 3 aromatic rings. The third-order valence-electron chi connectivity index (χ3n) is 5.43. The number of thioether (sulfide) groups is 1. The smallest absolute Gasteiger partial charge is 0.380 e. The van der Waals surface area contributed by atoms with Gasteiger partial charge in [-0.3, -0.25) is 14.5 Å². The molecule has 2 aliphatic heterocycles. The molecule has 15 heteroatoms. The average molecular weight is 500 g/mol. The van der Waals surface area contributed by atoms with Gasteiger partial charge in [0.25, 0.3) is 11.8 Å². The Morgan fingerprint density at radius 1 is 1.46 bits per heavy atom. The quantitative estimate of drug-likeness (QED) is 0.164. The Labute approximate surface area is 200 Å². The van der Waals surface area contributed by atoms with Gasteiger partial charge in [-0.25, -0.2) is 4.79 Å². The highest BCUT2D eigenvalue weighted by Gasteiger charge is 2.55. The fourth-order valence-electron chi connectivity index (χ4n) is 3.94. The predicted molar refractivity (Wildman–Crippen MR) is 118 cm³/mol. The molecule has 0 spiro atoms. The minimum absolute atomic E-state index is 0.114. The topological polar surface area (TPSA) is 190 Å². The van der Waals surface area contributed by atoms with Gasteiger partial charge in [0.05, 0.1) is 11.6 Å². The van der Waals surface area contributed by atoms with Crippen LogP contribution in [0.15, 0.2) is 56.0 Å². The Morgan fingerprint density at radius 2 is 2.29 bits per heavy atom. The number of aliphatic carboxylic acids is 1. The molecule has 0 aromatic carbocycles. The van der Waals surface area contributed by atoms with Crippen LogP contribution in [-0.2, 0) is 25.8 Å². The molecule has 3 aromatic heterocycles. The number of rotatable bonds is 7. The number of nitrogen functional groups attached to an aromatic ring is 1. The maximum atomic E-state index is 13.0. The van der Waals surface area contributed by atoms with E-state index in [1.54, 1.807) is 23.1 Å². The second-order valence-electron chi connectivity index (χ2n) is 7.51. The maximum absolute atomic E-state index is 13.0. The molecule has 180 valence electrons. The molecule has 5 heterocycles. The Kier molecular flexibility index (Phi) is 5.60. The molecule has 4 N–H and O–H groups in total. The van der Waals surface area contributed by atoms with E-state index in [4.69, 9.17) is 10.2 Å². The minimum Gasteiger partial charge on any atom is -0.477 e. The van der Waals surface area contributed by atoms with Crippen molar-refractivity contribution in [2.45, 2.75) is 18.0 Å². The number of carboxylic acid groups (broad SMARTS) is 1. The van der Waals surface area contributed by atoms with Gasteiger partial charge in [-0.1, -0.05) is 10.3 Å². The number of amides is 2. The third kappa shape index (κ3) is 3.84. The van der Waals surface area contributed by atoms with Crippen molar-refractivity contribution < 1.29 is 37.8 Å². The van der Waals surface area contributed by atoms with Crippen LogP contribution in [0.2, 0.25) is 0 Å². The van der Waals surface area contributed by atoms with Crippen molar-refractivity contribution in [2.75, 3.05) is 18.6 Å². The molecule has 0 bridgehead atoms. The van der Waals surface area contributed by atoms with Gasteiger partial charge in [-0.15, -0.1) is 11.8 Å². The van der Waals surface area contributed by atoms with Crippen molar-refractivity contribution in [3.05, 3.63) is 47.8 Å². The first-order valence-electron chi connectivity index (χ1n) is 10.2. The van der Waals surface area contributed by atoms with Crippen LogP contribution >= 0.6 is 11.8 Å². The van der Waals surface area contributed by atoms with Crippen LogP contribution in [0.4, 0.5) is 6.01 Å². The Balaban J connectivity index is 1.38. The van der Waals surface area contributed by atoms with E-state index in [1.807, 2.05) is 12.1 Å². The molecule has 0 saturated carbocycles. The molecule has 2 aliphatic rings. The minimum atomic E-state index is -1.24. The van der Waals surface area contributed by atoms with Crippen LogP contribution in [0.25, 0.3) is 11.1 Å². The van der Waals surface area contributed by atoms with Gasteiger partial charge in [0, 0.05) is 17.4 Å². The number of oxime groups is 1. The van der Waals surface area contributed by atoms with Gasteiger partial charge in [0.15, 0.2) is 12.7 Å². The van der Waals surface area contributed by atoms with Crippen LogP contribution in [-0.4, -0.2) is 67.9 Å². The molecule has 0 aliphatic carbocycles. The lowest BCUT2D eigenvalue weighted by molar-refractivity contribution is -0.669. The SMILES string of the molecule is CON=C(C(=O)NC1C(=O)N2C(C(=O)O)=C(C[n+]3cccc4ccoc43)CS[C@H]12)c1noc(N)n1. The molecule has 1 saturated heterocycles. The van der Waals surface area contributed by atoms with Crippen molar-refractivity contribution in [1.29, 1.82) is 0 Å². The number of nitrogens with two attached hydrogens (primary N) is 1. The number of hydrogen-bond acceptors (Lipinski definition) is 11. The lowest BCUT2D eigenvalue weighted by Crippen LogP contribution is -2.71. The molecule has 35 heavy (non-hydrogen) atoms. The number of nitrogens with zero attached hydrogens (tertiary/aromatic N) is 5. The van der Waals surface area contributed by atoms with E-state index < -0.39 is 29.2 Å². The highest BCUT2D eigenvalue weighted by molar-refractivity contribution is 8.00. The number of aromatic nitrogens is 3. The normalized spacial score (nSPS) is 20.0. The van der Waals surface area contributed by atoms with Crippen LogP contribution < -0.4 is 15.6 Å². The van der Waals surface area contributed by atoms with Crippen molar-refractivity contribution in [1.82, 2.24) is 20.4 Å². The summed E-state index contributed by atoms with van der Waals surface area (Å²) < 4.78 is 12.0. The average Bonchev–Trinajstić information content (AvgIpc) is 3.49. The summed E-state index contributed by atoms with van der Waals surface area (Å²) in [6.07, 6.45) is 3.33. The molecular formula is C20H18N7O7S+. The second-order valence-corrected chi connectivity index (χ2v) is 8.62. The lowest BCUT2D eigenvalue weighted by atomic mass is 10.0. The molecule has 2 atom stereocenters. The van der Waals surface area contributed by atoms with Crippen molar-refractivity contribution in [3.63, 3.8) is 0 Å². The zero-order chi connectivity index (χ0) is 24.7. The largest absolute Gasteiger partial charge is 0.477 e. The Bertz CT molecular complexity index is 1410. The number of anilines is 1. The molecule has 1 fully saturated rings. The van der Waals surface area contributed by atoms with E-state index in [2.05, 4.69) is 30.0 Å².